The minimum Gasteiger partial charge on any atom is -0.469 e. The molecule has 5 saturated carbocycles. The van der Waals surface area contributed by atoms with Gasteiger partial charge in [0.15, 0.2) is 0 Å². The van der Waals surface area contributed by atoms with Crippen molar-refractivity contribution in [1.82, 2.24) is 0 Å². The summed E-state index contributed by atoms with van der Waals surface area (Å²) in [7, 11) is 1.59. The highest BCUT2D eigenvalue weighted by Gasteiger charge is 2.72. The number of hydrogen-bond donors (Lipinski definition) is 1. The van der Waals surface area contributed by atoms with Gasteiger partial charge in [-0.25, -0.2) is 0 Å². The Hall–Kier alpha value is -0.830. The largest absolute Gasteiger partial charge is 0.469 e. The quantitative estimate of drug-likeness (QED) is 0.343. The Labute approximate surface area is 208 Å². The SMILES string of the molecule is C=C(C)C1CC[C@]2(C(=O)OC)CC[C@]3(C)C(CCC4[C@@]5(C)CCC(O)C(C)(C)C5CC[C@]43C)C12. The zero-order valence-electron chi connectivity index (χ0n) is 23.0. The fraction of sp³-hybridized carbons (Fsp3) is 0.903. The van der Waals surface area contributed by atoms with Crippen LogP contribution in [0.5, 0.6) is 0 Å². The Morgan fingerprint density at radius 2 is 1.56 bits per heavy atom. The molecule has 3 nitrogen and oxygen atoms in total. The molecule has 5 rings (SSSR count). The van der Waals surface area contributed by atoms with Crippen LogP contribution < -0.4 is 0 Å². The summed E-state index contributed by atoms with van der Waals surface area (Å²) < 4.78 is 5.49. The van der Waals surface area contributed by atoms with Gasteiger partial charge >= 0.3 is 5.97 Å². The van der Waals surface area contributed by atoms with Gasteiger partial charge in [0, 0.05) is 0 Å². The van der Waals surface area contributed by atoms with E-state index in [0.29, 0.717) is 35.0 Å². The second-order valence-corrected chi connectivity index (χ2v) is 14.7. The van der Waals surface area contributed by atoms with Gasteiger partial charge in [-0.1, -0.05) is 46.8 Å². The van der Waals surface area contributed by atoms with Crippen molar-refractivity contribution in [2.75, 3.05) is 7.11 Å². The van der Waals surface area contributed by atoms with Crippen LogP contribution in [0.2, 0.25) is 0 Å². The molecule has 10 atom stereocenters. The molecule has 5 fully saturated rings. The molecule has 0 aliphatic heterocycles. The van der Waals surface area contributed by atoms with Crippen LogP contribution in [0.4, 0.5) is 0 Å². The first-order chi connectivity index (χ1) is 15.8. The lowest BCUT2D eigenvalue weighted by molar-refractivity contribution is -0.248. The smallest absolute Gasteiger partial charge is 0.312 e. The van der Waals surface area contributed by atoms with E-state index in [4.69, 9.17) is 4.74 Å². The Bertz CT molecular complexity index is 876. The summed E-state index contributed by atoms with van der Waals surface area (Å²) in [5, 5.41) is 10.9. The van der Waals surface area contributed by atoms with E-state index in [1.54, 1.807) is 7.11 Å². The summed E-state index contributed by atoms with van der Waals surface area (Å²) in [5.41, 5.74) is 1.78. The summed E-state index contributed by atoms with van der Waals surface area (Å²) in [6.45, 7) is 19.1. The molecule has 0 aromatic carbocycles. The maximum Gasteiger partial charge on any atom is 0.312 e. The fourth-order valence-corrected chi connectivity index (χ4v) is 11.7. The summed E-state index contributed by atoms with van der Waals surface area (Å²) in [4.78, 5) is 13.3. The van der Waals surface area contributed by atoms with Gasteiger partial charge in [0.25, 0.3) is 0 Å². The third-order valence-corrected chi connectivity index (χ3v) is 13.6. The number of aliphatic hydroxyl groups is 1. The number of hydrogen-bond acceptors (Lipinski definition) is 3. The van der Waals surface area contributed by atoms with Crippen LogP contribution in [0.3, 0.4) is 0 Å². The number of ether oxygens (including phenoxy) is 1. The number of esters is 1. The molecule has 3 heteroatoms. The summed E-state index contributed by atoms with van der Waals surface area (Å²) in [6, 6.07) is 0. The molecule has 34 heavy (non-hydrogen) atoms. The van der Waals surface area contributed by atoms with E-state index >= 15 is 0 Å². The van der Waals surface area contributed by atoms with Gasteiger partial charge in [-0.15, -0.1) is 0 Å². The van der Waals surface area contributed by atoms with Crippen molar-refractivity contribution in [3.8, 4) is 0 Å². The van der Waals surface area contributed by atoms with Crippen molar-refractivity contribution < 1.29 is 14.6 Å². The van der Waals surface area contributed by atoms with Crippen molar-refractivity contribution in [1.29, 1.82) is 0 Å². The highest BCUT2D eigenvalue weighted by atomic mass is 16.5. The number of carbonyl (C=O) groups is 1. The number of aliphatic hydroxyl groups excluding tert-OH is 1. The predicted octanol–water partition coefficient (Wildman–Crippen LogP) is 7.18. The number of carbonyl (C=O) groups excluding carboxylic acids is 1. The maximum absolute atomic E-state index is 13.3. The highest BCUT2D eigenvalue weighted by Crippen LogP contribution is 2.77. The molecule has 0 heterocycles. The molecule has 0 spiro atoms. The van der Waals surface area contributed by atoms with Gasteiger partial charge in [-0.3, -0.25) is 4.79 Å². The van der Waals surface area contributed by atoms with Crippen LogP contribution in [-0.4, -0.2) is 24.3 Å². The maximum atomic E-state index is 13.3. The molecule has 1 N–H and O–H groups in total. The van der Waals surface area contributed by atoms with E-state index in [1.165, 1.54) is 31.3 Å². The van der Waals surface area contributed by atoms with Gasteiger partial charge in [0.05, 0.1) is 18.6 Å². The van der Waals surface area contributed by atoms with Crippen molar-refractivity contribution in [3.05, 3.63) is 12.2 Å². The first kappa shape index (κ1) is 24.8. The first-order valence-corrected chi connectivity index (χ1v) is 14.2. The van der Waals surface area contributed by atoms with E-state index in [9.17, 15) is 9.90 Å². The lowest BCUT2D eigenvalue weighted by Crippen LogP contribution is -2.67. The minimum atomic E-state index is -0.302. The molecule has 0 bridgehead atoms. The molecule has 6 unspecified atom stereocenters. The van der Waals surface area contributed by atoms with Crippen LogP contribution in [0.25, 0.3) is 0 Å². The second kappa shape index (κ2) is 7.59. The Balaban J connectivity index is 1.56. The third-order valence-electron chi connectivity index (χ3n) is 13.6. The average Bonchev–Trinajstić information content (AvgIpc) is 3.18. The van der Waals surface area contributed by atoms with Crippen LogP contribution in [0.1, 0.15) is 106 Å². The zero-order chi connectivity index (χ0) is 24.9. The average molecular weight is 471 g/mol. The first-order valence-electron chi connectivity index (χ1n) is 14.2. The zero-order valence-corrected chi connectivity index (χ0v) is 23.0. The number of fused-ring (bicyclic) bond motifs is 7. The molecule has 5 aliphatic rings. The van der Waals surface area contributed by atoms with Crippen molar-refractivity contribution >= 4 is 5.97 Å². The Morgan fingerprint density at radius 3 is 2.21 bits per heavy atom. The fourth-order valence-electron chi connectivity index (χ4n) is 11.7. The van der Waals surface area contributed by atoms with E-state index < -0.39 is 0 Å². The van der Waals surface area contributed by atoms with E-state index in [0.717, 1.165) is 38.5 Å². The molecule has 192 valence electrons. The lowest BCUT2D eigenvalue weighted by atomic mass is 9.32. The standard InChI is InChI=1S/C31H50O3/c1-19(2)20-11-16-31(26(33)34-8)18-17-29(6)21(25(20)31)9-10-23-28(5)14-13-24(32)27(3,4)22(28)12-15-30(23,29)7/h20-25,32H,1,9-18H2,2-8H3/t20?,21?,22?,23?,24?,25?,28-,29+,30+,31-/m0/s1. The van der Waals surface area contributed by atoms with Crippen molar-refractivity contribution in [3.63, 3.8) is 0 Å². The normalized spacial score (nSPS) is 53.6. The highest BCUT2D eigenvalue weighted by molar-refractivity contribution is 5.78. The Morgan fingerprint density at radius 1 is 0.853 bits per heavy atom. The molecule has 0 aromatic heterocycles. The van der Waals surface area contributed by atoms with Crippen LogP contribution in [0, 0.1) is 56.7 Å². The Kier molecular flexibility index (Phi) is 5.55. The molecule has 0 saturated heterocycles. The monoisotopic (exact) mass is 470 g/mol. The molecule has 5 aliphatic carbocycles. The molecular weight excluding hydrogens is 420 g/mol. The van der Waals surface area contributed by atoms with Gasteiger partial charge in [-0.05, 0) is 122 Å². The van der Waals surface area contributed by atoms with Gasteiger partial charge < -0.3 is 9.84 Å². The summed E-state index contributed by atoms with van der Waals surface area (Å²) in [6.07, 6.45) is 11.1. The van der Waals surface area contributed by atoms with E-state index in [2.05, 4.69) is 48.1 Å². The number of rotatable bonds is 2. The summed E-state index contributed by atoms with van der Waals surface area (Å²) in [5.74, 6) is 2.72. The number of methoxy groups -OCH3 is 1. The second-order valence-electron chi connectivity index (χ2n) is 14.7. The third kappa shape index (κ3) is 2.83. The van der Waals surface area contributed by atoms with Gasteiger partial charge in [-0.2, -0.15) is 0 Å². The van der Waals surface area contributed by atoms with Crippen LogP contribution in [0.15, 0.2) is 12.2 Å². The topological polar surface area (TPSA) is 46.5 Å². The van der Waals surface area contributed by atoms with Gasteiger partial charge in [0.1, 0.15) is 0 Å². The summed E-state index contributed by atoms with van der Waals surface area (Å²) >= 11 is 0. The van der Waals surface area contributed by atoms with Crippen LogP contribution >= 0.6 is 0 Å². The predicted molar refractivity (Wildman–Crippen MR) is 137 cm³/mol. The molecular formula is C31H50O3. The lowest BCUT2D eigenvalue weighted by Gasteiger charge is -2.72. The van der Waals surface area contributed by atoms with E-state index in [1.807, 2.05) is 0 Å². The van der Waals surface area contributed by atoms with Crippen molar-refractivity contribution in [2.24, 2.45) is 56.7 Å². The van der Waals surface area contributed by atoms with Crippen molar-refractivity contribution in [2.45, 2.75) is 112 Å². The molecule has 0 radical (unpaired) electrons. The molecule has 0 aromatic rings. The van der Waals surface area contributed by atoms with Gasteiger partial charge in [0.2, 0.25) is 0 Å². The minimum absolute atomic E-state index is 0.00478. The van der Waals surface area contributed by atoms with E-state index in [-0.39, 0.29) is 33.7 Å². The molecule has 0 amide bonds. The number of allylic oxidation sites excluding steroid dienone is 1. The van der Waals surface area contributed by atoms with Crippen LogP contribution in [-0.2, 0) is 9.53 Å².